The lowest BCUT2D eigenvalue weighted by Gasteiger charge is -2.38. The fourth-order valence-electron chi connectivity index (χ4n) is 6.69. The number of halogens is 1. The maximum absolute atomic E-state index is 14.1. The van der Waals surface area contributed by atoms with Gasteiger partial charge in [-0.15, -0.1) is 5.10 Å². The Balaban J connectivity index is 1.13. The summed E-state index contributed by atoms with van der Waals surface area (Å²) in [6, 6.07) is 17.2. The molecule has 246 valence electrons. The quantitative estimate of drug-likeness (QED) is 0.258. The third-order valence-electron chi connectivity index (χ3n) is 9.38. The van der Waals surface area contributed by atoms with Gasteiger partial charge in [0.1, 0.15) is 0 Å². The summed E-state index contributed by atoms with van der Waals surface area (Å²) in [4.78, 5) is 53.5. The van der Waals surface area contributed by atoms with Crippen molar-refractivity contribution in [1.29, 1.82) is 0 Å². The zero-order valence-corrected chi connectivity index (χ0v) is 27.4. The SMILES string of the molecule is CCc1cc(C[C@@H](CC(=O)N2CCC(n3nc(-c4ccccc4)[nH]c3=O)CC2)C(=O)N2CCN(c3ccncc3)CC2)cc(Cl)c1N. The van der Waals surface area contributed by atoms with Crippen LogP contribution >= 0.6 is 11.6 Å². The summed E-state index contributed by atoms with van der Waals surface area (Å²) in [5, 5.41) is 5.03. The number of carbonyl (C=O) groups excluding carboxylic acids is 2. The molecule has 0 spiro atoms. The number of aryl methyl sites for hydroxylation is 1. The van der Waals surface area contributed by atoms with Gasteiger partial charge in [-0.3, -0.25) is 19.6 Å². The molecule has 0 bridgehead atoms. The van der Waals surface area contributed by atoms with Crippen molar-refractivity contribution in [2.45, 2.75) is 45.1 Å². The number of nitrogens with one attached hydrogen (secondary N) is 1. The molecule has 1 atom stereocenters. The smallest absolute Gasteiger partial charge is 0.343 e. The molecular formula is C35H41ClN8O3. The average Bonchev–Trinajstić information content (AvgIpc) is 3.51. The molecule has 0 saturated carbocycles. The van der Waals surface area contributed by atoms with Gasteiger partial charge in [0.15, 0.2) is 5.82 Å². The summed E-state index contributed by atoms with van der Waals surface area (Å²) < 4.78 is 1.51. The summed E-state index contributed by atoms with van der Waals surface area (Å²) in [6.07, 6.45) is 5.96. The molecule has 2 amide bonds. The van der Waals surface area contributed by atoms with E-state index in [4.69, 9.17) is 17.3 Å². The number of piperidine rings is 1. The van der Waals surface area contributed by atoms with Gasteiger partial charge in [0.05, 0.1) is 22.7 Å². The van der Waals surface area contributed by atoms with Crippen molar-refractivity contribution in [3.05, 3.63) is 93.6 Å². The zero-order valence-electron chi connectivity index (χ0n) is 26.6. The molecule has 11 nitrogen and oxygen atoms in total. The number of H-pyrrole nitrogens is 1. The minimum absolute atomic E-state index is 0.0230. The number of rotatable bonds is 9. The molecule has 0 unspecified atom stereocenters. The van der Waals surface area contributed by atoms with E-state index in [1.165, 1.54) is 4.68 Å². The van der Waals surface area contributed by atoms with Crippen molar-refractivity contribution >= 4 is 34.8 Å². The minimum atomic E-state index is -0.542. The van der Waals surface area contributed by atoms with Crippen molar-refractivity contribution in [3.8, 4) is 11.4 Å². The first-order valence-corrected chi connectivity index (χ1v) is 16.7. The van der Waals surface area contributed by atoms with Crippen molar-refractivity contribution in [1.82, 2.24) is 29.5 Å². The van der Waals surface area contributed by atoms with Gasteiger partial charge in [0, 0.05) is 69.3 Å². The fourth-order valence-corrected chi connectivity index (χ4v) is 6.95. The normalized spacial score (nSPS) is 16.3. The van der Waals surface area contributed by atoms with Gasteiger partial charge in [-0.1, -0.05) is 54.9 Å². The number of nitrogen functional groups attached to an aromatic ring is 1. The molecular weight excluding hydrogens is 616 g/mol. The summed E-state index contributed by atoms with van der Waals surface area (Å²) in [5.74, 6) is -0.0930. The topological polar surface area (TPSA) is 133 Å². The van der Waals surface area contributed by atoms with Gasteiger partial charge >= 0.3 is 5.69 Å². The monoisotopic (exact) mass is 656 g/mol. The van der Waals surface area contributed by atoms with Gasteiger partial charge in [-0.2, -0.15) is 0 Å². The minimum Gasteiger partial charge on any atom is -0.397 e. The van der Waals surface area contributed by atoms with Gasteiger partial charge in [0.25, 0.3) is 0 Å². The van der Waals surface area contributed by atoms with Crippen molar-refractivity contribution < 1.29 is 9.59 Å². The van der Waals surface area contributed by atoms with Crippen molar-refractivity contribution in [2.75, 3.05) is 49.9 Å². The average molecular weight is 657 g/mol. The number of amides is 2. The Morgan fingerprint density at radius 3 is 2.36 bits per heavy atom. The lowest BCUT2D eigenvalue weighted by Crippen LogP contribution is -2.51. The zero-order chi connectivity index (χ0) is 32.9. The molecule has 4 aromatic rings. The predicted octanol–water partition coefficient (Wildman–Crippen LogP) is 4.19. The first-order valence-electron chi connectivity index (χ1n) is 16.3. The van der Waals surface area contributed by atoms with Crippen LogP contribution in [-0.4, -0.2) is 80.6 Å². The number of aromatic nitrogens is 4. The number of anilines is 2. The maximum atomic E-state index is 14.1. The highest BCUT2D eigenvalue weighted by Crippen LogP contribution is 2.29. The van der Waals surface area contributed by atoms with Crippen LogP contribution in [-0.2, 0) is 22.4 Å². The van der Waals surface area contributed by atoms with Crippen LogP contribution in [0.2, 0.25) is 5.02 Å². The van der Waals surface area contributed by atoms with Gasteiger partial charge in [-0.25, -0.2) is 9.48 Å². The molecule has 4 heterocycles. The largest absolute Gasteiger partial charge is 0.397 e. The van der Waals surface area contributed by atoms with Crippen LogP contribution in [0.4, 0.5) is 11.4 Å². The highest BCUT2D eigenvalue weighted by molar-refractivity contribution is 6.33. The van der Waals surface area contributed by atoms with E-state index in [1.54, 1.807) is 12.4 Å². The number of pyridine rings is 1. The van der Waals surface area contributed by atoms with Crippen LogP contribution in [0.5, 0.6) is 0 Å². The Kier molecular flexibility index (Phi) is 9.91. The van der Waals surface area contributed by atoms with E-state index in [2.05, 4.69) is 20.0 Å². The standard InChI is InChI=1S/C35H41ClN8O3/c1-2-25-20-24(22-30(36)32(25)37)21-27(34(46)43-18-16-41(17-19-43)28-8-12-38-13-9-28)23-31(45)42-14-10-29(11-15-42)44-35(47)39-33(40-44)26-6-4-3-5-7-26/h3-9,12-13,20,22,27,29H,2,10-11,14-19,21,23,37H2,1H3,(H,39,40,47)/t27-/m0/s1. The molecule has 12 heteroatoms. The molecule has 2 aromatic heterocycles. The molecule has 0 aliphatic carbocycles. The lowest BCUT2D eigenvalue weighted by atomic mass is 9.91. The number of benzene rings is 2. The van der Waals surface area contributed by atoms with E-state index in [-0.39, 0.29) is 30.0 Å². The summed E-state index contributed by atoms with van der Waals surface area (Å²) >= 11 is 6.49. The van der Waals surface area contributed by atoms with Crippen LogP contribution in [0.3, 0.4) is 0 Å². The van der Waals surface area contributed by atoms with E-state index in [1.807, 2.05) is 71.3 Å². The molecule has 2 aromatic carbocycles. The van der Waals surface area contributed by atoms with Crippen molar-refractivity contribution in [2.24, 2.45) is 5.92 Å². The molecule has 3 N–H and O–H groups in total. The van der Waals surface area contributed by atoms with E-state index >= 15 is 0 Å². The second-order valence-corrected chi connectivity index (χ2v) is 12.7. The van der Waals surface area contributed by atoms with Crippen LogP contribution in [0.25, 0.3) is 11.4 Å². The lowest BCUT2D eigenvalue weighted by molar-refractivity contribution is -0.142. The maximum Gasteiger partial charge on any atom is 0.343 e. The molecule has 2 fully saturated rings. The number of likely N-dealkylation sites (tertiary alicyclic amines) is 1. The Morgan fingerprint density at radius 1 is 0.979 bits per heavy atom. The molecule has 2 saturated heterocycles. The van der Waals surface area contributed by atoms with E-state index in [0.29, 0.717) is 75.1 Å². The molecule has 0 radical (unpaired) electrons. The predicted molar refractivity (Wildman–Crippen MR) is 183 cm³/mol. The summed E-state index contributed by atoms with van der Waals surface area (Å²) in [6.45, 7) is 5.55. The number of aromatic amines is 1. The van der Waals surface area contributed by atoms with E-state index in [9.17, 15) is 14.4 Å². The molecule has 6 rings (SSSR count). The fraction of sp³-hybridized carbons (Fsp3) is 0.400. The Bertz CT molecular complexity index is 1740. The van der Waals surface area contributed by atoms with Crippen LogP contribution in [0.1, 0.15) is 43.4 Å². The number of piperazine rings is 1. The first-order chi connectivity index (χ1) is 22.8. The first kappa shape index (κ1) is 32.3. The summed E-state index contributed by atoms with van der Waals surface area (Å²) in [5.41, 5.74) is 10.3. The van der Waals surface area contributed by atoms with Crippen LogP contribution in [0.15, 0.2) is 71.8 Å². The third-order valence-corrected chi connectivity index (χ3v) is 9.69. The molecule has 47 heavy (non-hydrogen) atoms. The van der Waals surface area contributed by atoms with Gasteiger partial charge in [-0.05, 0) is 55.0 Å². The van der Waals surface area contributed by atoms with E-state index in [0.717, 1.165) is 28.8 Å². The molecule has 2 aliphatic rings. The summed E-state index contributed by atoms with van der Waals surface area (Å²) in [7, 11) is 0. The number of hydrogen-bond donors (Lipinski definition) is 2. The van der Waals surface area contributed by atoms with Gasteiger partial charge < -0.3 is 20.4 Å². The number of nitrogens with zero attached hydrogens (tertiary/aromatic N) is 6. The van der Waals surface area contributed by atoms with Crippen molar-refractivity contribution in [3.63, 3.8) is 0 Å². The highest BCUT2D eigenvalue weighted by atomic mass is 35.5. The Morgan fingerprint density at radius 2 is 1.68 bits per heavy atom. The number of nitrogens with two attached hydrogens (primary N) is 1. The van der Waals surface area contributed by atoms with Crippen LogP contribution in [0, 0.1) is 5.92 Å². The van der Waals surface area contributed by atoms with E-state index < -0.39 is 5.92 Å². The second-order valence-electron chi connectivity index (χ2n) is 12.3. The third kappa shape index (κ3) is 7.35. The number of carbonyl (C=O) groups is 2. The Labute approximate surface area is 279 Å². The molecule has 2 aliphatic heterocycles. The highest BCUT2D eigenvalue weighted by Gasteiger charge is 2.33. The number of hydrogen-bond acceptors (Lipinski definition) is 7. The van der Waals surface area contributed by atoms with Gasteiger partial charge in [0.2, 0.25) is 11.8 Å². The van der Waals surface area contributed by atoms with Crippen LogP contribution < -0.4 is 16.3 Å². The second kappa shape index (κ2) is 14.4. The Hall–Kier alpha value is -4.64.